The van der Waals surface area contributed by atoms with Crippen molar-refractivity contribution in [2.75, 3.05) is 6.61 Å². The molecule has 0 fully saturated rings. The lowest BCUT2D eigenvalue weighted by Gasteiger charge is -2.06. The summed E-state index contributed by atoms with van der Waals surface area (Å²) in [6, 6.07) is 2.65. The topological polar surface area (TPSA) is 105 Å². The molecule has 0 aliphatic rings. The van der Waals surface area contributed by atoms with Crippen molar-refractivity contribution in [2.45, 2.75) is 0 Å². The van der Waals surface area contributed by atoms with Crippen molar-refractivity contribution >= 4 is 27.7 Å². The van der Waals surface area contributed by atoms with E-state index in [1.165, 1.54) is 12.1 Å². The van der Waals surface area contributed by atoms with Gasteiger partial charge >= 0.3 is 5.82 Å². The van der Waals surface area contributed by atoms with E-state index in [9.17, 15) is 20.0 Å². The third kappa shape index (κ3) is 3.17. The van der Waals surface area contributed by atoms with Crippen LogP contribution < -0.4 is 9.84 Å². The standard InChI is InChI=1S/C7H5BrN2O5/c8-5-2-1-4(15-3-6(11)12)7(9-5)10(13)14/h1-2H,3H2,(H,11,12)/p-1. The van der Waals surface area contributed by atoms with E-state index in [1.807, 2.05) is 0 Å². The first-order valence-electron chi connectivity index (χ1n) is 3.64. The molecule has 15 heavy (non-hydrogen) atoms. The number of hydrogen-bond acceptors (Lipinski definition) is 6. The zero-order valence-corrected chi connectivity index (χ0v) is 8.76. The Balaban J connectivity index is 2.95. The first kappa shape index (κ1) is 11.4. The van der Waals surface area contributed by atoms with E-state index in [2.05, 4.69) is 25.7 Å². The highest BCUT2D eigenvalue weighted by atomic mass is 79.9. The molecule has 1 aromatic heterocycles. The van der Waals surface area contributed by atoms with E-state index in [-0.39, 0.29) is 10.4 Å². The van der Waals surface area contributed by atoms with Gasteiger partial charge in [-0.25, -0.2) is 0 Å². The molecule has 0 spiro atoms. The van der Waals surface area contributed by atoms with Crippen LogP contribution in [0.25, 0.3) is 0 Å². The summed E-state index contributed by atoms with van der Waals surface area (Å²) < 4.78 is 4.89. The van der Waals surface area contributed by atoms with Crippen LogP contribution in [0.1, 0.15) is 0 Å². The maximum absolute atomic E-state index is 10.5. The van der Waals surface area contributed by atoms with Crippen molar-refractivity contribution in [2.24, 2.45) is 0 Å². The monoisotopic (exact) mass is 275 g/mol. The fourth-order valence-electron chi connectivity index (χ4n) is 0.793. The Hall–Kier alpha value is -1.70. The molecule has 0 bridgehead atoms. The normalized spacial score (nSPS) is 9.67. The Morgan fingerprint density at radius 2 is 2.27 bits per heavy atom. The van der Waals surface area contributed by atoms with Crippen LogP contribution >= 0.6 is 15.9 Å². The maximum Gasteiger partial charge on any atom is 0.407 e. The number of carbonyl (C=O) groups excluding carboxylic acids is 1. The number of nitrogens with zero attached hydrogens (tertiary/aromatic N) is 2. The van der Waals surface area contributed by atoms with Crippen molar-refractivity contribution in [1.29, 1.82) is 0 Å². The average molecular weight is 276 g/mol. The molecule has 0 amide bonds. The second-order valence-corrected chi connectivity index (χ2v) is 3.19. The van der Waals surface area contributed by atoms with Crippen LogP contribution in [0.2, 0.25) is 0 Å². The number of halogens is 1. The Bertz CT molecular complexity index is 408. The van der Waals surface area contributed by atoms with Crippen LogP contribution in [0.15, 0.2) is 16.7 Å². The maximum atomic E-state index is 10.5. The number of ether oxygens (including phenoxy) is 1. The molecule has 80 valence electrons. The predicted molar refractivity (Wildman–Crippen MR) is 49.1 cm³/mol. The molecule has 0 aromatic carbocycles. The van der Waals surface area contributed by atoms with Gasteiger partial charge in [0.1, 0.15) is 6.61 Å². The number of aliphatic carboxylic acids is 1. The number of carboxylic acid groups (broad SMARTS) is 1. The van der Waals surface area contributed by atoms with E-state index >= 15 is 0 Å². The van der Waals surface area contributed by atoms with Gasteiger partial charge in [0.15, 0.2) is 0 Å². The fraction of sp³-hybridized carbons (Fsp3) is 0.143. The summed E-state index contributed by atoms with van der Waals surface area (Å²) in [6.07, 6.45) is 0. The molecule has 1 rings (SSSR count). The van der Waals surface area contributed by atoms with Crippen molar-refractivity contribution in [3.63, 3.8) is 0 Å². The first-order chi connectivity index (χ1) is 7.00. The molecule has 0 unspecified atom stereocenters. The lowest BCUT2D eigenvalue weighted by atomic mass is 10.4. The second kappa shape index (κ2) is 4.69. The quantitative estimate of drug-likeness (QED) is 0.431. The number of rotatable bonds is 4. The number of carboxylic acids is 1. The Morgan fingerprint density at radius 1 is 1.60 bits per heavy atom. The van der Waals surface area contributed by atoms with Gasteiger partial charge in [0.25, 0.3) is 0 Å². The predicted octanol–water partition coefficient (Wildman–Crippen LogP) is -0.119. The Morgan fingerprint density at radius 3 is 2.80 bits per heavy atom. The van der Waals surface area contributed by atoms with Crippen molar-refractivity contribution in [3.05, 3.63) is 26.9 Å². The van der Waals surface area contributed by atoms with E-state index < -0.39 is 23.3 Å². The van der Waals surface area contributed by atoms with E-state index in [4.69, 9.17) is 0 Å². The molecule has 0 saturated heterocycles. The van der Waals surface area contributed by atoms with Gasteiger partial charge in [0.05, 0.1) is 5.97 Å². The lowest BCUT2D eigenvalue weighted by molar-refractivity contribution is -0.390. The highest BCUT2D eigenvalue weighted by molar-refractivity contribution is 9.10. The van der Waals surface area contributed by atoms with Gasteiger partial charge < -0.3 is 24.8 Å². The molecule has 1 heterocycles. The third-order valence-electron chi connectivity index (χ3n) is 1.32. The van der Waals surface area contributed by atoms with Crippen molar-refractivity contribution in [3.8, 4) is 5.75 Å². The Kier molecular flexibility index (Phi) is 3.56. The Labute approximate surface area is 92.0 Å². The molecule has 8 heteroatoms. The van der Waals surface area contributed by atoms with Gasteiger partial charge in [-0.05, 0) is 16.0 Å². The van der Waals surface area contributed by atoms with Crippen LogP contribution in [-0.4, -0.2) is 22.5 Å². The van der Waals surface area contributed by atoms with Gasteiger partial charge in [-0.1, -0.05) is 0 Å². The van der Waals surface area contributed by atoms with Crippen LogP contribution in [0.5, 0.6) is 5.75 Å². The highest BCUT2D eigenvalue weighted by Crippen LogP contribution is 2.26. The molecule has 0 N–H and O–H groups in total. The van der Waals surface area contributed by atoms with Crippen LogP contribution in [0.3, 0.4) is 0 Å². The fourth-order valence-corrected chi connectivity index (χ4v) is 1.09. The lowest BCUT2D eigenvalue weighted by Crippen LogP contribution is -2.29. The van der Waals surface area contributed by atoms with E-state index in [1.54, 1.807) is 0 Å². The van der Waals surface area contributed by atoms with Gasteiger partial charge in [-0.15, -0.1) is 0 Å². The number of aromatic nitrogens is 1. The highest BCUT2D eigenvalue weighted by Gasteiger charge is 2.17. The molecule has 0 aliphatic heterocycles. The zero-order valence-electron chi connectivity index (χ0n) is 7.18. The molecular weight excluding hydrogens is 272 g/mol. The molecule has 1 aromatic rings. The smallest absolute Gasteiger partial charge is 0.407 e. The number of carbonyl (C=O) groups is 1. The summed E-state index contributed by atoms with van der Waals surface area (Å²) in [5.41, 5.74) is 0. The van der Waals surface area contributed by atoms with Gasteiger partial charge in [-0.3, -0.25) is 0 Å². The van der Waals surface area contributed by atoms with Crippen molar-refractivity contribution < 1.29 is 19.6 Å². The molecule has 0 saturated carbocycles. The number of pyridine rings is 1. The minimum atomic E-state index is -1.47. The summed E-state index contributed by atoms with van der Waals surface area (Å²) in [4.78, 5) is 23.3. The number of hydrogen-bond donors (Lipinski definition) is 0. The van der Waals surface area contributed by atoms with Crippen LogP contribution in [0.4, 0.5) is 5.82 Å². The summed E-state index contributed by atoms with van der Waals surface area (Å²) in [6.45, 7) is -0.760. The second-order valence-electron chi connectivity index (χ2n) is 2.37. The average Bonchev–Trinajstić information content (AvgIpc) is 2.15. The largest absolute Gasteiger partial charge is 0.546 e. The minimum Gasteiger partial charge on any atom is -0.546 e. The third-order valence-corrected chi connectivity index (χ3v) is 1.77. The van der Waals surface area contributed by atoms with E-state index in [0.717, 1.165) is 0 Å². The summed E-state index contributed by atoms with van der Waals surface area (Å²) in [7, 11) is 0. The van der Waals surface area contributed by atoms with Crippen LogP contribution in [0, 0.1) is 10.1 Å². The van der Waals surface area contributed by atoms with Gasteiger partial charge in [-0.2, -0.15) is 0 Å². The molecule has 0 aliphatic carbocycles. The minimum absolute atomic E-state index is 0.215. The zero-order chi connectivity index (χ0) is 11.4. The molecular formula is C7H4BrN2O5-. The SMILES string of the molecule is O=C([O-])COc1ccc(Br)nc1[N+](=O)[O-]. The van der Waals surface area contributed by atoms with E-state index in [0.29, 0.717) is 0 Å². The number of nitro groups is 1. The summed E-state index contributed by atoms with van der Waals surface area (Å²) in [5.74, 6) is -2.23. The summed E-state index contributed by atoms with van der Waals surface area (Å²) in [5, 5.41) is 20.6. The molecule has 0 atom stereocenters. The summed E-state index contributed by atoms with van der Waals surface area (Å²) >= 11 is 2.94. The van der Waals surface area contributed by atoms with Gasteiger partial charge in [0.2, 0.25) is 10.4 Å². The van der Waals surface area contributed by atoms with Crippen LogP contribution in [-0.2, 0) is 4.79 Å². The van der Waals surface area contributed by atoms with Crippen molar-refractivity contribution in [1.82, 2.24) is 4.98 Å². The molecule has 7 nitrogen and oxygen atoms in total. The first-order valence-corrected chi connectivity index (χ1v) is 4.43. The van der Waals surface area contributed by atoms with Gasteiger partial charge in [0, 0.05) is 22.0 Å². The molecule has 0 radical (unpaired) electrons.